The summed E-state index contributed by atoms with van der Waals surface area (Å²) < 4.78 is 26.8. The van der Waals surface area contributed by atoms with E-state index >= 15 is 0 Å². The average molecular weight is 375 g/mol. The summed E-state index contributed by atoms with van der Waals surface area (Å²) in [6.07, 6.45) is 0. The van der Waals surface area contributed by atoms with E-state index in [9.17, 15) is 8.78 Å². The molecular formula is C15H8Cl3F2N3. The van der Waals surface area contributed by atoms with Crippen LogP contribution in [0, 0.1) is 0 Å². The molecule has 0 unspecified atom stereocenters. The molecule has 8 heteroatoms. The lowest BCUT2D eigenvalue weighted by Crippen LogP contribution is -2.11. The Morgan fingerprint density at radius 2 is 1.74 bits per heavy atom. The first-order valence-corrected chi connectivity index (χ1v) is 7.54. The van der Waals surface area contributed by atoms with Crippen molar-refractivity contribution < 1.29 is 8.78 Å². The van der Waals surface area contributed by atoms with Crippen LogP contribution in [0.2, 0.25) is 10.0 Å². The van der Waals surface area contributed by atoms with Crippen molar-refractivity contribution in [1.29, 1.82) is 0 Å². The minimum absolute atomic E-state index is 0.176. The number of alkyl halides is 3. The van der Waals surface area contributed by atoms with Crippen LogP contribution in [0.15, 0.2) is 42.5 Å². The molecule has 0 aliphatic carbocycles. The van der Waals surface area contributed by atoms with Crippen LogP contribution in [0.25, 0.3) is 10.9 Å². The molecule has 0 amide bonds. The predicted molar refractivity (Wildman–Crippen MR) is 89.0 cm³/mol. The van der Waals surface area contributed by atoms with Gasteiger partial charge in [0.05, 0.1) is 16.2 Å². The lowest BCUT2D eigenvalue weighted by molar-refractivity contribution is 0.0850. The number of halogens is 5. The van der Waals surface area contributed by atoms with Gasteiger partial charge in [0.1, 0.15) is 5.82 Å². The highest BCUT2D eigenvalue weighted by Crippen LogP contribution is 2.34. The summed E-state index contributed by atoms with van der Waals surface area (Å²) in [5.74, 6) is -0.611. The van der Waals surface area contributed by atoms with E-state index < -0.39 is 11.2 Å². The largest absolute Gasteiger partial charge is 0.381 e. The van der Waals surface area contributed by atoms with Gasteiger partial charge < -0.3 is 5.32 Å². The van der Waals surface area contributed by atoms with Crippen molar-refractivity contribution in [3.05, 3.63) is 58.3 Å². The van der Waals surface area contributed by atoms with Gasteiger partial charge in [0.15, 0.2) is 0 Å². The summed E-state index contributed by atoms with van der Waals surface area (Å²) in [5.41, 5.74) is 0.814. The highest BCUT2D eigenvalue weighted by Gasteiger charge is 2.32. The SMILES string of the molecule is FC(F)(Cl)c1nc(Nc2ccc(Cl)cc2Cl)c2ccccc2n1. The Hall–Kier alpha value is -1.69. The Morgan fingerprint density at radius 1 is 1.00 bits per heavy atom. The molecule has 2 aromatic carbocycles. The minimum atomic E-state index is -3.68. The minimum Gasteiger partial charge on any atom is -0.338 e. The molecule has 118 valence electrons. The van der Waals surface area contributed by atoms with E-state index in [-0.39, 0.29) is 5.82 Å². The average Bonchev–Trinajstić information content (AvgIpc) is 2.49. The zero-order chi connectivity index (χ0) is 16.6. The smallest absolute Gasteiger partial charge is 0.338 e. The Labute approximate surface area is 145 Å². The number of nitrogens with one attached hydrogen (secondary N) is 1. The summed E-state index contributed by atoms with van der Waals surface area (Å²) in [6.45, 7) is 0. The van der Waals surface area contributed by atoms with Gasteiger partial charge in [-0.3, -0.25) is 0 Å². The van der Waals surface area contributed by atoms with E-state index in [0.29, 0.717) is 26.6 Å². The van der Waals surface area contributed by atoms with Gasteiger partial charge in [-0.1, -0.05) is 35.3 Å². The maximum absolute atomic E-state index is 13.4. The summed E-state index contributed by atoms with van der Waals surface area (Å²) in [5, 5.41) is 0.595. The van der Waals surface area contributed by atoms with Crippen LogP contribution in [0.5, 0.6) is 0 Å². The molecule has 1 heterocycles. The molecule has 0 saturated carbocycles. The Morgan fingerprint density at radius 3 is 2.43 bits per heavy atom. The van der Waals surface area contributed by atoms with Crippen LogP contribution in [-0.4, -0.2) is 9.97 Å². The molecule has 0 bridgehead atoms. The van der Waals surface area contributed by atoms with Gasteiger partial charge in [0, 0.05) is 10.4 Å². The normalized spacial score (nSPS) is 11.7. The van der Waals surface area contributed by atoms with Gasteiger partial charge >= 0.3 is 5.38 Å². The van der Waals surface area contributed by atoms with E-state index in [0.717, 1.165) is 0 Å². The number of benzene rings is 2. The van der Waals surface area contributed by atoms with Crippen molar-refractivity contribution >= 4 is 57.2 Å². The molecule has 1 N–H and O–H groups in total. The summed E-state index contributed by atoms with van der Waals surface area (Å²) >= 11 is 17.0. The van der Waals surface area contributed by atoms with Crippen LogP contribution < -0.4 is 5.32 Å². The molecule has 23 heavy (non-hydrogen) atoms. The molecular weight excluding hydrogens is 367 g/mol. The number of aromatic nitrogens is 2. The monoisotopic (exact) mass is 373 g/mol. The Balaban J connectivity index is 2.15. The molecule has 0 aliphatic rings. The fourth-order valence-corrected chi connectivity index (χ4v) is 2.56. The molecule has 0 atom stereocenters. The zero-order valence-electron chi connectivity index (χ0n) is 11.3. The topological polar surface area (TPSA) is 37.8 Å². The highest BCUT2D eigenvalue weighted by molar-refractivity contribution is 6.36. The number of fused-ring (bicyclic) bond motifs is 1. The van der Waals surface area contributed by atoms with E-state index in [1.165, 1.54) is 6.07 Å². The second kappa shape index (κ2) is 6.07. The zero-order valence-corrected chi connectivity index (χ0v) is 13.6. The fourth-order valence-electron chi connectivity index (χ4n) is 2.02. The van der Waals surface area contributed by atoms with Gasteiger partial charge in [-0.15, -0.1) is 0 Å². The summed E-state index contributed by atoms with van der Waals surface area (Å²) in [4.78, 5) is 7.63. The van der Waals surface area contributed by atoms with Crippen LogP contribution in [0.3, 0.4) is 0 Å². The van der Waals surface area contributed by atoms with Crippen molar-refractivity contribution in [1.82, 2.24) is 9.97 Å². The Bertz CT molecular complexity index is 881. The number of para-hydroxylation sites is 1. The van der Waals surface area contributed by atoms with Gasteiger partial charge in [-0.05, 0) is 41.9 Å². The second-order valence-electron chi connectivity index (χ2n) is 4.66. The van der Waals surface area contributed by atoms with Crippen molar-refractivity contribution in [3.63, 3.8) is 0 Å². The lowest BCUT2D eigenvalue weighted by atomic mass is 10.2. The molecule has 0 radical (unpaired) electrons. The number of anilines is 2. The molecule has 0 aliphatic heterocycles. The first-order chi connectivity index (χ1) is 10.8. The maximum atomic E-state index is 13.4. The number of nitrogens with zero attached hydrogens (tertiary/aromatic N) is 2. The predicted octanol–water partition coefficient (Wildman–Crippen LogP) is 5.97. The van der Waals surface area contributed by atoms with E-state index in [2.05, 4.69) is 15.3 Å². The highest BCUT2D eigenvalue weighted by atomic mass is 35.5. The standard InChI is InChI=1S/C15H8Cl3F2N3/c16-8-5-6-12(10(17)7-8)21-13-9-3-1-2-4-11(9)22-14(23-13)15(18,19)20/h1-7H,(H,21,22,23). The van der Waals surface area contributed by atoms with Crippen LogP contribution in [0.1, 0.15) is 5.82 Å². The molecule has 0 fully saturated rings. The van der Waals surface area contributed by atoms with Crippen molar-refractivity contribution in [2.75, 3.05) is 5.32 Å². The molecule has 3 nitrogen and oxygen atoms in total. The molecule has 3 aromatic rings. The first kappa shape index (κ1) is 16.2. The molecule has 1 aromatic heterocycles. The van der Waals surface area contributed by atoms with E-state index in [4.69, 9.17) is 34.8 Å². The van der Waals surface area contributed by atoms with Crippen molar-refractivity contribution in [3.8, 4) is 0 Å². The van der Waals surface area contributed by atoms with Gasteiger partial charge in [0.2, 0.25) is 5.82 Å². The summed E-state index contributed by atoms with van der Waals surface area (Å²) in [7, 11) is 0. The molecule has 3 rings (SSSR count). The molecule has 0 spiro atoms. The van der Waals surface area contributed by atoms with Crippen molar-refractivity contribution in [2.24, 2.45) is 0 Å². The number of rotatable bonds is 3. The van der Waals surface area contributed by atoms with Gasteiger partial charge in [-0.2, -0.15) is 8.78 Å². The van der Waals surface area contributed by atoms with Crippen LogP contribution in [0.4, 0.5) is 20.3 Å². The van der Waals surface area contributed by atoms with Gasteiger partial charge in [0.25, 0.3) is 0 Å². The first-order valence-electron chi connectivity index (χ1n) is 6.40. The van der Waals surface area contributed by atoms with Crippen LogP contribution >= 0.6 is 34.8 Å². The lowest BCUT2D eigenvalue weighted by Gasteiger charge is -2.13. The third kappa shape index (κ3) is 3.47. The maximum Gasteiger partial charge on any atom is 0.381 e. The fraction of sp³-hybridized carbons (Fsp3) is 0.0667. The van der Waals surface area contributed by atoms with Crippen molar-refractivity contribution in [2.45, 2.75) is 5.38 Å². The van der Waals surface area contributed by atoms with Gasteiger partial charge in [-0.25, -0.2) is 9.97 Å². The summed E-state index contributed by atoms with van der Waals surface area (Å²) in [6, 6.07) is 11.5. The Kier molecular flexibility index (Phi) is 4.27. The quantitative estimate of drug-likeness (QED) is 0.574. The third-order valence-corrected chi connectivity index (χ3v) is 3.76. The number of hydrogen-bond acceptors (Lipinski definition) is 3. The van der Waals surface area contributed by atoms with E-state index in [1.54, 1.807) is 36.4 Å². The van der Waals surface area contributed by atoms with Crippen LogP contribution in [-0.2, 0) is 5.38 Å². The third-order valence-electron chi connectivity index (χ3n) is 3.04. The second-order valence-corrected chi connectivity index (χ2v) is 5.98. The molecule has 0 saturated heterocycles. The number of hydrogen-bond donors (Lipinski definition) is 1. The van der Waals surface area contributed by atoms with E-state index in [1.807, 2.05) is 0 Å².